The average Bonchev–Trinajstić information content (AvgIpc) is 3.54. The van der Waals surface area contributed by atoms with Gasteiger partial charge in [-0.1, -0.05) is 140 Å². The van der Waals surface area contributed by atoms with Crippen LogP contribution in [0.15, 0.2) is 164 Å². The average molecular weight is 618 g/mol. The Labute approximate surface area is 276 Å². The quantitative estimate of drug-likeness (QED) is 0.193. The number of rotatable bonds is 5. The molecule has 9 rings (SSSR count). The van der Waals surface area contributed by atoms with Gasteiger partial charge in [-0.2, -0.15) is 0 Å². The van der Waals surface area contributed by atoms with Gasteiger partial charge in [-0.05, 0) is 57.3 Å². The summed E-state index contributed by atoms with van der Waals surface area (Å²) < 4.78 is 2.43. The third kappa shape index (κ3) is 4.87. The van der Waals surface area contributed by atoms with Crippen molar-refractivity contribution in [1.82, 2.24) is 15.0 Å². The zero-order valence-corrected chi connectivity index (χ0v) is 26.2. The van der Waals surface area contributed by atoms with E-state index in [9.17, 15) is 0 Å². The fourth-order valence-electron chi connectivity index (χ4n) is 6.50. The standard InChI is InChI=1S/C43H27N3S/c1-3-13-28(14-4-1)30-17-11-18-31(27-30)41-44-42(37-26-25-32(29-15-5-2-6-16-29)33-19-7-8-20-34(33)37)46-43(45-41)38-23-12-22-36-35-21-9-10-24-39(35)47-40(36)38/h1-27H. The molecular weight excluding hydrogens is 591 g/mol. The first kappa shape index (κ1) is 27.3. The first-order valence-corrected chi connectivity index (χ1v) is 16.5. The molecule has 0 N–H and O–H groups in total. The second kappa shape index (κ2) is 11.4. The van der Waals surface area contributed by atoms with Crippen molar-refractivity contribution < 1.29 is 0 Å². The molecule has 47 heavy (non-hydrogen) atoms. The summed E-state index contributed by atoms with van der Waals surface area (Å²) in [6.07, 6.45) is 0. The summed E-state index contributed by atoms with van der Waals surface area (Å²) in [4.78, 5) is 15.6. The van der Waals surface area contributed by atoms with E-state index in [-0.39, 0.29) is 0 Å². The minimum absolute atomic E-state index is 0.650. The summed E-state index contributed by atoms with van der Waals surface area (Å²) in [6.45, 7) is 0. The van der Waals surface area contributed by atoms with Gasteiger partial charge < -0.3 is 0 Å². The highest BCUT2D eigenvalue weighted by Gasteiger charge is 2.18. The molecule has 3 nitrogen and oxygen atoms in total. The molecule has 0 bridgehead atoms. The van der Waals surface area contributed by atoms with Crippen LogP contribution in [0.3, 0.4) is 0 Å². The van der Waals surface area contributed by atoms with Gasteiger partial charge >= 0.3 is 0 Å². The first-order valence-electron chi connectivity index (χ1n) is 15.7. The highest BCUT2D eigenvalue weighted by atomic mass is 32.1. The van der Waals surface area contributed by atoms with E-state index in [1.807, 2.05) is 6.07 Å². The van der Waals surface area contributed by atoms with E-state index in [0.717, 1.165) is 38.6 Å². The molecule has 0 saturated heterocycles. The molecule has 0 fully saturated rings. The summed E-state index contributed by atoms with van der Waals surface area (Å²) >= 11 is 1.79. The predicted molar refractivity (Wildman–Crippen MR) is 197 cm³/mol. The third-order valence-electron chi connectivity index (χ3n) is 8.76. The molecule has 0 spiro atoms. The molecule has 0 radical (unpaired) electrons. The summed E-state index contributed by atoms with van der Waals surface area (Å²) in [5.74, 6) is 1.98. The van der Waals surface area contributed by atoms with Crippen molar-refractivity contribution in [3.63, 3.8) is 0 Å². The molecule has 9 aromatic rings. The van der Waals surface area contributed by atoms with E-state index in [1.54, 1.807) is 11.3 Å². The van der Waals surface area contributed by atoms with E-state index in [2.05, 4.69) is 158 Å². The molecule has 0 unspecified atom stereocenters. The number of aromatic nitrogens is 3. The molecule has 0 atom stereocenters. The van der Waals surface area contributed by atoms with Crippen LogP contribution in [0.5, 0.6) is 0 Å². The Kier molecular flexibility index (Phi) is 6.65. The van der Waals surface area contributed by atoms with Gasteiger partial charge in [0.05, 0.1) is 0 Å². The van der Waals surface area contributed by atoms with Gasteiger partial charge in [-0.15, -0.1) is 11.3 Å². The summed E-state index contributed by atoms with van der Waals surface area (Å²) in [7, 11) is 0. The van der Waals surface area contributed by atoms with Gasteiger partial charge in [-0.3, -0.25) is 0 Å². The van der Waals surface area contributed by atoms with Crippen LogP contribution in [-0.4, -0.2) is 15.0 Å². The Morgan fingerprint density at radius 3 is 1.64 bits per heavy atom. The third-order valence-corrected chi connectivity index (χ3v) is 9.98. The zero-order valence-electron chi connectivity index (χ0n) is 25.3. The van der Waals surface area contributed by atoms with Crippen molar-refractivity contribution in [3.05, 3.63) is 164 Å². The molecule has 7 aromatic carbocycles. The van der Waals surface area contributed by atoms with Crippen LogP contribution >= 0.6 is 11.3 Å². The summed E-state index contributed by atoms with van der Waals surface area (Å²) in [6, 6.07) is 57.4. The van der Waals surface area contributed by atoms with Crippen molar-refractivity contribution >= 4 is 42.3 Å². The Bertz CT molecular complexity index is 2570. The highest BCUT2D eigenvalue weighted by Crippen LogP contribution is 2.40. The maximum Gasteiger partial charge on any atom is 0.165 e. The normalized spacial score (nSPS) is 11.4. The van der Waals surface area contributed by atoms with Crippen molar-refractivity contribution in [2.24, 2.45) is 0 Å². The Balaban J connectivity index is 1.29. The fraction of sp³-hybridized carbons (Fsp3) is 0. The van der Waals surface area contributed by atoms with E-state index in [4.69, 9.17) is 15.0 Å². The van der Waals surface area contributed by atoms with Crippen molar-refractivity contribution in [2.75, 3.05) is 0 Å². The van der Waals surface area contributed by atoms with Crippen LogP contribution in [0.2, 0.25) is 0 Å². The molecular formula is C43H27N3S. The van der Waals surface area contributed by atoms with Gasteiger partial charge in [0.15, 0.2) is 17.5 Å². The van der Waals surface area contributed by atoms with Crippen LogP contribution in [0.25, 0.3) is 87.4 Å². The Morgan fingerprint density at radius 1 is 0.319 bits per heavy atom. The van der Waals surface area contributed by atoms with Gasteiger partial charge in [0.2, 0.25) is 0 Å². The lowest BCUT2D eigenvalue weighted by atomic mass is 9.94. The number of thiophene rings is 1. The number of nitrogens with zero attached hydrogens (tertiary/aromatic N) is 3. The second-order valence-electron chi connectivity index (χ2n) is 11.6. The number of fused-ring (bicyclic) bond motifs is 4. The first-order chi connectivity index (χ1) is 23.3. The molecule has 0 amide bonds. The van der Waals surface area contributed by atoms with E-state index >= 15 is 0 Å². The van der Waals surface area contributed by atoms with Crippen molar-refractivity contribution in [3.8, 4) is 56.4 Å². The molecule has 4 heteroatoms. The van der Waals surface area contributed by atoms with Gasteiger partial charge in [0.1, 0.15) is 0 Å². The molecule has 220 valence electrons. The molecule has 0 aliphatic carbocycles. The smallest absolute Gasteiger partial charge is 0.165 e. The Hall–Kier alpha value is -5.97. The monoisotopic (exact) mass is 617 g/mol. The maximum atomic E-state index is 5.24. The van der Waals surface area contributed by atoms with Gasteiger partial charge in [0.25, 0.3) is 0 Å². The number of hydrogen-bond acceptors (Lipinski definition) is 4. The minimum atomic E-state index is 0.650. The second-order valence-corrected chi connectivity index (χ2v) is 12.7. The van der Waals surface area contributed by atoms with Gasteiger partial charge in [0, 0.05) is 36.9 Å². The highest BCUT2D eigenvalue weighted by molar-refractivity contribution is 7.26. The van der Waals surface area contributed by atoms with E-state index in [1.165, 1.54) is 31.3 Å². The van der Waals surface area contributed by atoms with Crippen LogP contribution in [0, 0.1) is 0 Å². The van der Waals surface area contributed by atoms with Gasteiger partial charge in [-0.25, -0.2) is 15.0 Å². The Morgan fingerprint density at radius 2 is 0.851 bits per heavy atom. The van der Waals surface area contributed by atoms with E-state index < -0.39 is 0 Å². The van der Waals surface area contributed by atoms with Crippen LogP contribution < -0.4 is 0 Å². The predicted octanol–water partition coefficient (Wildman–Crippen LogP) is 11.7. The number of hydrogen-bond donors (Lipinski definition) is 0. The minimum Gasteiger partial charge on any atom is -0.208 e. The van der Waals surface area contributed by atoms with E-state index in [0.29, 0.717) is 17.5 Å². The lowest BCUT2D eigenvalue weighted by Crippen LogP contribution is -2.01. The summed E-state index contributed by atoms with van der Waals surface area (Å²) in [5.41, 5.74) is 7.58. The zero-order chi connectivity index (χ0) is 31.2. The maximum absolute atomic E-state index is 5.24. The lowest BCUT2D eigenvalue weighted by molar-refractivity contribution is 1.08. The molecule has 0 saturated carbocycles. The van der Waals surface area contributed by atoms with Crippen molar-refractivity contribution in [1.29, 1.82) is 0 Å². The molecule has 0 aliphatic heterocycles. The van der Waals surface area contributed by atoms with Crippen LogP contribution in [-0.2, 0) is 0 Å². The number of benzene rings is 7. The molecule has 2 aromatic heterocycles. The molecule has 0 aliphatic rings. The fourth-order valence-corrected chi connectivity index (χ4v) is 7.71. The summed E-state index contributed by atoms with van der Waals surface area (Å²) in [5, 5.41) is 4.74. The lowest BCUT2D eigenvalue weighted by Gasteiger charge is -2.13. The molecule has 2 heterocycles. The SMILES string of the molecule is c1ccc(-c2cccc(-c3nc(-c4ccc(-c5ccccc5)c5ccccc45)nc(-c4cccc5c4sc4ccccc45)n3)c2)cc1. The largest absolute Gasteiger partial charge is 0.208 e. The van der Waals surface area contributed by atoms with Crippen LogP contribution in [0.1, 0.15) is 0 Å². The van der Waals surface area contributed by atoms with Crippen LogP contribution in [0.4, 0.5) is 0 Å². The topological polar surface area (TPSA) is 38.7 Å². The van der Waals surface area contributed by atoms with Crippen molar-refractivity contribution in [2.45, 2.75) is 0 Å².